The molecule has 0 radical (unpaired) electrons. The van der Waals surface area contributed by atoms with E-state index in [4.69, 9.17) is 4.74 Å². The minimum absolute atomic E-state index is 0.0198. The Morgan fingerprint density at radius 3 is 2.53 bits per heavy atom. The molecule has 0 aromatic heterocycles. The Bertz CT molecular complexity index is 777. The van der Waals surface area contributed by atoms with Crippen molar-refractivity contribution < 1.29 is 14.3 Å². The number of nitrogens with one attached hydrogen (secondary N) is 1. The van der Waals surface area contributed by atoms with Gasteiger partial charge in [-0.3, -0.25) is 9.69 Å². The van der Waals surface area contributed by atoms with E-state index in [2.05, 4.69) is 34.5 Å². The van der Waals surface area contributed by atoms with Crippen LogP contribution in [0.5, 0.6) is 0 Å². The summed E-state index contributed by atoms with van der Waals surface area (Å²) in [5, 5.41) is 2.88. The van der Waals surface area contributed by atoms with Crippen LogP contribution in [0.2, 0.25) is 0 Å². The lowest BCUT2D eigenvalue weighted by Crippen LogP contribution is -2.53. The van der Waals surface area contributed by atoms with Crippen LogP contribution >= 0.6 is 11.8 Å². The highest BCUT2D eigenvalue weighted by molar-refractivity contribution is 7.99. The van der Waals surface area contributed by atoms with Gasteiger partial charge in [-0.15, -0.1) is 0 Å². The van der Waals surface area contributed by atoms with Crippen LogP contribution in [-0.2, 0) is 16.1 Å². The summed E-state index contributed by atoms with van der Waals surface area (Å²) < 4.78 is 5.47. The van der Waals surface area contributed by atoms with Gasteiger partial charge in [0.1, 0.15) is 11.6 Å². The smallest absolute Gasteiger partial charge is 0.408 e. The summed E-state index contributed by atoms with van der Waals surface area (Å²) in [6, 6.07) is 10.0. The molecule has 1 saturated heterocycles. The molecule has 6 nitrogen and oxygen atoms in total. The summed E-state index contributed by atoms with van der Waals surface area (Å²) in [6.07, 6.45) is 6.96. The van der Waals surface area contributed by atoms with Crippen LogP contribution in [0, 0.1) is 5.92 Å². The first kappa shape index (κ1) is 26.9. The van der Waals surface area contributed by atoms with Crippen molar-refractivity contribution in [2.45, 2.75) is 83.5 Å². The fraction of sp³-hybridized carbons (Fsp3) is 0.704. The number of nitrogens with zero attached hydrogens (tertiary/aromatic N) is 2. The van der Waals surface area contributed by atoms with Crippen molar-refractivity contribution in [3.63, 3.8) is 0 Å². The summed E-state index contributed by atoms with van der Waals surface area (Å²) >= 11 is 1.79. The molecule has 2 aliphatic rings. The van der Waals surface area contributed by atoms with Crippen molar-refractivity contribution in [3.8, 4) is 0 Å². The van der Waals surface area contributed by atoms with Crippen LogP contribution in [0.1, 0.15) is 64.9 Å². The molecule has 2 atom stereocenters. The molecule has 3 rings (SSSR count). The van der Waals surface area contributed by atoms with Crippen LogP contribution in [0.4, 0.5) is 4.79 Å². The number of likely N-dealkylation sites (tertiary alicyclic amines) is 1. The number of likely N-dealkylation sites (N-methyl/N-ethyl adjacent to an activating group) is 1. The molecule has 1 aliphatic carbocycles. The number of hydrogen-bond donors (Lipinski definition) is 1. The van der Waals surface area contributed by atoms with Crippen LogP contribution < -0.4 is 5.32 Å². The predicted molar refractivity (Wildman–Crippen MR) is 140 cm³/mol. The van der Waals surface area contributed by atoms with Gasteiger partial charge in [-0.2, -0.15) is 11.8 Å². The van der Waals surface area contributed by atoms with E-state index in [0.717, 1.165) is 37.7 Å². The summed E-state index contributed by atoms with van der Waals surface area (Å²) in [5.74, 6) is 2.35. The second-order valence-corrected chi connectivity index (χ2v) is 11.9. The maximum atomic E-state index is 13.5. The molecule has 2 fully saturated rings. The molecule has 0 bridgehead atoms. The zero-order valence-corrected chi connectivity index (χ0v) is 22.2. The monoisotopic (exact) mass is 489 g/mol. The molecular weight excluding hydrogens is 446 g/mol. The molecule has 2 amide bonds. The highest BCUT2D eigenvalue weighted by Crippen LogP contribution is 2.27. The van der Waals surface area contributed by atoms with E-state index in [1.807, 2.05) is 38.8 Å². The van der Waals surface area contributed by atoms with Gasteiger partial charge < -0.3 is 15.0 Å². The normalized spacial score (nSPS) is 20.6. The standard InChI is InChI=1S/C27H43N3O3S/c1-27(2,3)33-26(32)28-24(20-34-19-22-13-9-6-10-14-22)25(31)29(4)23-15-16-30(18-23)17-21-11-7-5-8-12-21/h5,7-8,11-12,22-24H,6,9-10,13-20H2,1-4H3,(H,28,32)/t23?,24-/m0/s1. The lowest BCUT2D eigenvalue weighted by atomic mass is 9.91. The van der Waals surface area contributed by atoms with Gasteiger partial charge in [-0.05, 0) is 57.3 Å². The molecule has 0 spiro atoms. The van der Waals surface area contributed by atoms with Gasteiger partial charge >= 0.3 is 6.09 Å². The molecule has 1 saturated carbocycles. The Morgan fingerprint density at radius 1 is 1.15 bits per heavy atom. The van der Waals surface area contributed by atoms with E-state index in [0.29, 0.717) is 5.75 Å². The van der Waals surface area contributed by atoms with Gasteiger partial charge in [0.15, 0.2) is 0 Å². The summed E-state index contributed by atoms with van der Waals surface area (Å²) in [4.78, 5) is 30.3. The number of hydrogen-bond acceptors (Lipinski definition) is 5. The number of ether oxygens (including phenoxy) is 1. The first-order valence-corrected chi connectivity index (χ1v) is 14.0. The molecule has 1 aromatic carbocycles. The maximum Gasteiger partial charge on any atom is 0.408 e. The molecular formula is C27H43N3O3S. The van der Waals surface area contributed by atoms with Gasteiger partial charge in [0.2, 0.25) is 5.91 Å². The van der Waals surface area contributed by atoms with Crippen LogP contribution in [0.3, 0.4) is 0 Å². The molecule has 1 N–H and O–H groups in total. The van der Waals surface area contributed by atoms with E-state index in [1.165, 1.54) is 37.7 Å². The van der Waals surface area contributed by atoms with E-state index in [9.17, 15) is 9.59 Å². The number of carbonyl (C=O) groups excluding carboxylic acids is 2. The molecule has 1 aromatic rings. The second kappa shape index (κ2) is 12.8. The highest BCUT2D eigenvalue weighted by atomic mass is 32.2. The van der Waals surface area contributed by atoms with Gasteiger partial charge in [0, 0.05) is 38.5 Å². The Kier molecular flexibility index (Phi) is 10.1. The number of benzene rings is 1. The zero-order chi connectivity index (χ0) is 24.6. The first-order chi connectivity index (χ1) is 16.2. The third kappa shape index (κ3) is 8.81. The Hall–Kier alpha value is -1.73. The Morgan fingerprint density at radius 2 is 1.85 bits per heavy atom. The fourth-order valence-corrected chi connectivity index (χ4v) is 6.13. The van der Waals surface area contributed by atoms with Crippen molar-refractivity contribution in [2.75, 3.05) is 31.6 Å². The number of thioether (sulfide) groups is 1. The van der Waals surface area contributed by atoms with Crippen molar-refractivity contribution in [1.82, 2.24) is 15.1 Å². The molecule has 1 aliphatic heterocycles. The van der Waals surface area contributed by atoms with Crippen molar-refractivity contribution >= 4 is 23.8 Å². The molecule has 1 heterocycles. The van der Waals surface area contributed by atoms with E-state index in [-0.39, 0.29) is 11.9 Å². The van der Waals surface area contributed by atoms with Crippen molar-refractivity contribution in [2.24, 2.45) is 5.92 Å². The SMILES string of the molecule is CN(C(=O)[C@H](CSCC1CCCCC1)NC(=O)OC(C)(C)C)C1CCN(Cc2ccccc2)C1. The third-order valence-electron chi connectivity index (χ3n) is 6.74. The number of alkyl carbamates (subject to hydrolysis) is 1. The minimum atomic E-state index is -0.595. The van der Waals surface area contributed by atoms with E-state index in [1.54, 1.807) is 11.8 Å². The average molecular weight is 490 g/mol. The minimum Gasteiger partial charge on any atom is -0.444 e. The largest absolute Gasteiger partial charge is 0.444 e. The van der Waals surface area contributed by atoms with Gasteiger partial charge in [0.25, 0.3) is 0 Å². The van der Waals surface area contributed by atoms with Gasteiger partial charge in [-0.25, -0.2) is 4.79 Å². The molecule has 190 valence electrons. The highest BCUT2D eigenvalue weighted by Gasteiger charge is 2.33. The maximum absolute atomic E-state index is 13.5. The number of rotatable bonds is 9. The lowest BCUT2D eigenvalue weighted by Gasteiger charge is -2.30. The summed E-state index contributed by atoms with van der Waals surface area (Å²) in [5.41, 5.74) is 0.697. The predicted octanol–water partition coefficient (Wildman–Crippen LogP) is 4.93. The lowest BCUT2D eigenvalue weighted by molar-refractivity contribution is -0.133. The first-order valence-electron chi connectivity index (χ1n) is 12.8. The molecule has 7 heteroatoms. The third-order valence-corrected chi connectivity index (χ3v) is 8.02. The van der Waals surface area contributed by atoms with Crippen molar-refractivity contribution in [1.29, 1.82) is 0 Å². The van der Waals surface area contributed by atoms with Gasteiger partial charge in [0.05, 0.1) is 0 Å². The van der Waals surface area contributed by atoms with Crippen LogP contribution in [0.25, 0.3) is 0 Å². The zero-order valence-electron chi connectivity index (χ0n) is 21.4. The molecule has 1 unspecified atom stereocenters. The topological polar surface area (TPSA) is 61.9 Å². The average Bonchev–Trinajstić information content (AvgIpc) is 3.26. The Labute approximate surface area is 210 Å². The van der Waals surface area contributed by atoms with Crippen LogP contribution in [0.15, 0.2) is 30.3 Å². The number of carbonyl (C=O) groups is 2. The van der Waals surface area contributed by atoms with E-state index < -0.39 is 17.7 Å². The second-order valence-electron chi connectivity index (χ2n) is 10.9. The quantitative estimate of drug-likeness (QED) is 0.533. The van der Waals surface area contributed by atoms with Crippen LogP contribution in [-0.4, -0.2) is 71.1 Å². The Balaban J connectivity index is 1.56. The molecule has 34 heavy (non-hydrogen) atoms. The fourth-order valence-electron chi connectivity index (χ4n) is 4.87. The summed E-state index contributed by atoms with van der Waals surface area (Å²) in [6.45, 7) is 8.24. The van der Waals surface area contributed by atoms with Crippen molar-refractivity contribution in [3.05, 3.63) is 35.9 Å². The summed E-state index contributed by atoms with van der Waals surface area (Å²) in [7, 11) is 1.88. The van der Waals surface area contributed by atoms with E-state index >= 15 is 0 Å². The van der Waals surface area contributed by atoms with Gasteiger partial charge in [-0.1, -0.05) is 49.6 Å². The number of amides is 2.